The molecule has 3 heterocycles. The second-order valence-corrected chi connectivity index (χ2v) is 4.87. The number of aryl methyl sites for hydroxylation is 4. The number of rotatable bonds is 3. The SMILES string of the molecule is Cc1nc(NCc2nc(C)c(C)[nH]2)c2cnn(C)c2n1. The summed E-state index contributed by atoms with van der Waals surface area (Å²) in [6, 6.07) is 0. The minimum Gasteiger partial charge on any atom is -0.362 e. The van der Waals surface area contributed by atoms with E-state index in [1.54, 1.807) is 10.9 Å². The van der Waals surface area contributed by atoms with E-state index in [2.05, 4.69) is 30.4 Å². The highest BCUT2D eigenvalue weighted by Crippen LogP contribution is 2.19. The highest BCUT2D eigenvalue weighted by atomic mass is 15.3. The van der Waals surface area contributed by atoms with E-state index < -0.39 is 0 Å². The van der Waals surface area contributed by atoms with Gasteiger partial charge < -0.3 is 10.3 Å². The summed E-state index contributed by atoms with van der Waals surface area (Å²) in [5.74, 6) is 2.40. The first-order chi connectivity index (χ1) is 9.54. The predicted molar refractivity (Wildman–Crippen MR) is 76.4 cm³/mol. The maximum atomic E-state index is 4.45. The standard InChI is InChI=1S/C13H17N7/c1-7-8(2)17-11(16-7)6-14-12-10-5-15-20(4)13(10)19-9(3)18-12/h5H,6H2,1-4H3,(H,16,17)(H,14,18,19). The summed E-state index contributed by atoms with van der Waals surface area (Å²) in [4.78, 5) is 16.5. The van der Waals surface area contributed by atoms with Gasteiger partial charge in [0, 0.05) is 12.7 Å². The molecule has 0 aliphatic rings. The van der Waals surface area contributed by atoms with Crippen molar-refractivity contribution in [1.82, 2.24) is 29.7 Å². The van der Waals surface area contributed by atoms with E-state index in [-0.39, 0.29) is 0 Å². The van der Waals surface area contributed by atoms with Gasteiger partial charge in [-0.2, -0.15) is 5.10 Å². The fraction of sp³-hybridized carbons (Fsp3) is 0.385. The van der Waals surface area contributed by atoms with Gasteiger partial charge in [-0.1, -0.05) is 0 Å². The van der Waals surface area contributed by atoms with Gasteiger partial charge >= 0.3 is 0 Å². The molecule has 0 spiro atoms. The molecule has 0 amide bonds. The number of hydrogen-bond acceptors (Lipinski definition) is 5. The van der Waals surface area contributed by atoms with Crippen LogP contribution >= 0.6 is 0 Å². The quantitative estimate of drug-likeness (QED) is 0.756. The lowest BCUT2D eigenvalue weighted by Crippen LogP contribution is -2.05. The molecule has 3 aromatic rings. The number of anilines is 1. The Morgan fingerprint density at radius 3 is 2.70 bits per heavy atom. The average Bonchev–Trinajstić information content (AvgIpc) is 2.92. The second-order valence-electron chi connectivity index (χ2n) is 4.87. The highest BCUT2D eigenvalue weighted by Gasteiger charge is 2.10. The zero-order valence-electron chi connectivity index (χ0n) is 12.0. The van der Waals surface area contributed by atoms with Crippen LogP contribution in [0.25, 0.3) is 11.0 Å². The third-order valence-electron chi connectivity index (χ3n) is 3.30. The van der Waals surface area contributed by atoms with Gasteiger partial charge in [0.1, 0.15) is 17.5 Å². The Hall–Kier alpha value is -2.44. The Balaban J connectivity index is 1.90. The molecule has 3 aromatic heterocycles. The molecule has 7 nitrogen and oxygen atoms in total. The number of nitrogens with zero attached hydrogens (tertiary/aromatic N) is 5. The minimum absolute atomic E-state index is 0.592. The van der Waals surface area contributed by atoms with Crippen molar-refractivity contribution in [2.24, 2.45) is 7.05 Å². The van der Waals surface area contributed by atoms with Crippen LogP contribution in [0.1, 0.15) is 23.0 Å². The van der Waals surface area contributed by atoms with Gasteiger partial charge in [0.25, 0.3) is 0 Å². The third kappa shape index (κ3) is 2.11. The lowest BCUT2D eigenvalue weighted by molar-refractivity contribution is 0.783. The van der Waals surface area contributed by atoms with E-state index >= 15 is 0 Å². The zero-order chi connectivity index (χ0) is 14.3. The molecule has 0 aliphatic heterocycles. The summed E-state index contributed by atoms with van der Waals surface area (Å²) >= 11 is 0. The van der Waals surface area contributed by atoms with Crippen molar-refractivity contribution in [3.8, 4) is 0 Å². The molecular formula is C13H17N7. The fourth-order valence-electron chi connectivity index (χ4n) is 2.14. The average molecular weight is 271 g/mol. The van der Waals surface area contributed by atoms with Gasteiger partial charge in [0.15, 0.2) is 5.65 Å². The smallest absolute Gasteiger partial charge is 0.163 e. The molecule has 0 saturated heterocycles. The van der Waals surface area contributed by atoms with Crippen LogP contribution in [0, 0.1) is 20.8 Å². The first kappa shape index (κ1) is 12.6. The molecule has 0 radical (unpaired) electrons. The second kappa shape index (κ2) is 4.59. The van der Waals surface area contributed by atoms with Crippen LogP contribution in [0.5, 0.6) is 0 Å². The van der Waals surface area contributed by atoms with Crippen molar-refractivity contribution in [1.29, 1.82) is 0 Å². The Morgan fingerprint density at radius 2 is 2.00 bits per heavy atom. The summed E-state index contributed by atoms with van der Waals surface area (Å²) in [6.45, 7) is 6.47. The monoisotopic (exact) mass is 271 g/mol. The van der Waals surface area contributed by atoms with Crippen molar-refractivity contribution in [3.63, 3.8) is 0 Å². The van der Waals surface area contributed by atoms with E-state index in [1.807, 2.05) is 27.8 Å². The molecule has 3 rings (SSSR count). The first-order valence-corrected chi connectivity index (χ1v) is 6.47. The van der Waals surface area contributed by atoms with Gasteiger partial charge in [-0.15, -0.1) is 0 Å². The molecule has 20 heavy (non-hydrogen) atoms. The summed E-state index contributed by atoms with van der Waals surface area (Å²) in [7, 11) is 1.87. The largest absolute Gasteiger partial charge is 0.362 e. The number of hydrogen-bond donors (Lipinski definition) is 2. The van der Waals surface area contributed by atoms with Crippen molar-refractivity contribution < 1.29 is 0 Å². The normalized spacial score (nSPS) is 11.2. The molecule has 0 fully saturated rings. The van der Waals surface area contributed by atoms with Gasteiger partial charge in [-0.25, -0.2) is 15.0 Å². The fourth-order valence-corrected chi connectivity index (χ4v) is 2.14. The third-order valence-corrected chi connectivity index (χ3v) is 3.30. The number of H-pyrrole nitrogens is 1. The van der Waals surface area contributed by atoms with Crippen LogP contribution in [-0.2, 0) is 13.6 Å². The summed E-state index contributed by atoms with van der Waals surface area (Å²) in [6.07, 6.45) is 1.77. The maximum absolute atomic E-state index is 4.45. The molecule has 7 heteroatoms. The molecule has 104 valence electrons. The van der Waals surface area contributed by atoms with Crippen molar-refractivity contribution in [2.45, 2.75) is 27.3 Å². The van der Waals surface area contributed by atoms with E-state index in [4.69, 9.17) is 0 Å². The number of aromatic nitrogens is 6. The van der Waals surface area contributed by atoms with E-state index in [9.17, 15) is 0 Å². The van der Waals surface area contributed by atoms with Crippen molar-refractivity contribution in [2.75, 3.05) is 5.32 Å². The van der Waals surface area contributed by atoms with Crippen LogP contribution < -0.4 is 5.32 Å². The van der Waals surface area contributed by atoms with Crippen molar-refractivity contribution >= 4 is 16.9 Å². The number of imidazole rings is 1. The Kier molecular flexibility index (Phi) is 2.89. The van der Waals surface area contributed by atoms with Gasteiger partial charge in [0.2, 0.25) is 0 Å². The molecular weight excluding hydrogens is 254 g/mol. The number of nitrogens with one attached hydrogen (secondary N) is 2. The highest BCUT2D eigenvalue weighted by molar-refractivity contribution is 5.86. The van der Waals surface area contributed by atoms with E-state index in [1.165, 1.54) is 0 Å². The molecule has 0 bridgehead atoms. The van der Waals surface area contributed by atoms with Gasteiger partial charge in [0.05, 0.1) is 23.8 Å². The number of aromatic amines is 1. The molecule has 0 unspecified atom stereocenters. The summed E-state index contributed by atoms with van der Waals surface area (Å²) < 4.78 is 1.75. The van der Waals surface area contributed by atoms with Crippen LogP contribution in [0.3, 0.4) is 0 Å². The number of fused-ring (bicyclic) bond motifs is 1. The van der Waals surface area contributed by atoms with E-state index in [0.29, 0.717) is 6.54 Å². The maximum Gasteiger partial charge on any atom is 0.163 e. The lowest BCUT2D eigenvalue weighted by Gasteiger charge is -2.06. The molecule has 2 N–H and O–H groups in total. The van der Waals surface area contributed by atoms with Crippen molar-refractivity contribution in [3.05, 3.63) is 29.2 Å². The predicted octanol–water partition coefficient (Wildman–Crippen LogP) is 1.62. The first-order valence-electron chi connectivity index (χ1n) is 6.47. The van der Waals surface area contributed by atoms with E-state index in [0.717, 1.165) is 39.9 Å². The molecule has 0 saturated carbocycles. The van der Waals surface area contributed by atoms with Crippen LogP contribution in [0.4, 0.5) is 5.82 Å². The minimum atomic E-state index is 0.592. The lowest BCUT2D eigenvalue weighted by atomic mass is 10.3. The van der Waals surface area contributed by atoms with Crippen LogP contribution in [0.2, 0.25) is 0 Å². The Bertz CT molecular complexity index is 749. The molecule has 0 aliphatic carbocycles. The Morgan fingerprint density at radius 1 is 1.20 bits per heavy atom. The van der Waals surface area contributed by atoms with Gasteiger partial charge in [-0.3, -0.25) is 4.68 Å². The van der Waals surface area contributed by atoms with Gasteiger partial charge in [-0.05, 0) is 20.8 Å². The summed E-state index contributed by atoms with van der Waals surface area (Å²) in [5.41, 5.74) is 2.94. The van der Waals surface area contributed by atoms with Crippen LogP contribution in [-0.4, -0.2) is 29.7 Å². The zero-order valence-corrected chi connectivity index (χ0v) is 12.0. The van der Waals surface area contributed by atoms with Crippen LogP contribution in [0.15, 0.2) is 6.20 Å². The topological polar surface area (TPSA) is 84.3 Å². The Labute approximate surface area is 116 Å². The summed E-state index contributed by atoms with van der Waals surface area (Å²) in [5, 5.41) is 8.44. The molecule has 0 atom stereocenters. The molecule has 0 aromatic carbocycles.